The van der Waals surface area contributed by atoms with Crippen LogP contribution in [0.15, 0.2) is 69.5 Å². The molecule has 0 saturated carbocycles. The van der Waals surface area contributed by atoms with Crippen LogP contribution in [-0.2, 0) is 32.0 Å². The van der Waals surface area contributed by atoms with Crippen LogP contribution in [-0.4, -0.2) is 37.9 Å². The van der Waals surface area contributed by atoms with Crippen LogP contribution in [0, 0.1) is 0 Å². The molecule has 0 bridgehead atoms. The minimum absolute atomic E-state index is 0.104. The van der Waals surface area contributed by atoms with Crippen molar-refractivity contribution >= 4 is 23.3 Å². The minimum atomic E-state index is -0.523. The number of benzene rings is 2. The van der Waals surface area contributed by atoms with Crippen molar-refractivity contribution in [1.29, 1.82) is 0 Å². The lowest BCUT2D eigenvalue weighted by atomic mass is 10.2. The maximum absolute atomic E-state index is 12.4. The first-order valence-electron chi connectivity index (χ1n) is 10.7. The molecule has 2 aromatic carbocycles. The highest BCUT2D eigenvalue weighted by Crippen LogP contribution is 2.28. The number of aryl methyl sites for hydroxylation is 1. The fraction of sp³-hybridized carbons (Fsp3) is 0.208. The normalized spacial score (nSPS) is 11.2. The van der Waals surface area contributed by atoms with E-state index in [2.05, 4.69) is 15.5 Å². The molecule has 2 aromatic heterocycles. The Kier molecular flexibility index (Phi) is 6.76. The van der Waals surface area contributed by atoms with E-state index in [0.29, 0.717) is 23.7 Å². The summed E-state index contributed by atoms with van der Waals surface area (Å²) in [6.07, 6.45) is 2.81. The number of ether oxygens (including phenoxy) is 2. The van der Waals surface area contributed by atoms with Gasteiger partial charge in [0.1, 0.15) is 18.8 Å². The number of carbonyl (C=O) groups is 1. The Morgan fingerprint density at radius 3 is 2.60 bits per heavy atom. The average molecular weight is 476 g/mol. The Morgan fingerprint density at radius 1 is 1.09 bits per heavy atom. The zero-order valence-corrected chi connectivity index (χ0v) is 19.5. The van der Waals surface area contributed by atoms with Gasteiger partial charge in [-0.1, -0.05) is 30.3 Å². The molecular weight excluding hydrogens is 452 g/mol. The number of imidazole rings is 1. The fourth-order valence-electron chi connectivity index (χ4n) is 3.54. The molecule has 0 unspecified atom stereocenters. The first-order valence-corrected chi connectivity index (χ1v) is 10.7. The lowest BCUT2D eigenvalue weighted by Crippen LogP contribution is -2.37. The number of nitrogens with one attached hydrogen (secondary N) is 1. The molecule has 0 aliphatic carbocycles. The van der Waals surface area contributed by atoms with Crippen molar-refractivity contribution in [2.75, 3.05) is 7.11 Å². The molecule has 1 N–H and O–H groups in total. The number of fused-ring (bicyclic) bond motifs is 1. The summed E-state index contributed by atoms with van der Waals surface area (Å²) in [5, 5.41) is 3.98. The number of carbonyl (C=O) groups excluding carboxylic acids is 1. The zero-order chi connectivity index (χ0) is 24.9. The largest absolute Gasteiger partial charge is 0.493 e. The van der Waals surface area contributed by atoms with E-state index in [9.17, 15) is 14.4 Å². The molecule has 180 valence electrons. The maximum atomic E-state index is 12.4. The molecule has 4 aromatic rings. The number of hydrogen-bond acceptors (Lipinski definition) is 7. The summed E-state index contributed by atoms with van der Waals surface area (Å²) in [5.74, 6) is 0.660. The van der Waals surface area contributed by atoms with Gasteiger partial charge >= 0.3 is 5.69 Å². The summed E-state index contributed by atoms with van der Waals surface area (Å²) in [7, 11) is 4.43. The minimum Gasteiger partial charge on any atom is -0.493 e. The molecule has 0 saturated heterocycles. The summed E-state index contributed by atoms with van der Waals surface area (Å²) < 4.78 is 14.9. The van der Waals surface area contributed by atoms with Crippen LogP contribution >= 0.6 is 0 Å². The second-order valence-electron chi connectivity index (χ2n) is 7.73. The smallest absolute Gasteiger partial charge is 0.332 e. The molecule has 0 aliphatic heterocycles. The lowest BCUT2D eigenvalue weighted by Gasteiger charge is -2.11. The SMILES string of the molecule is COc1cc(/C=N\NC(=O)Cn2cnc3c(=O)n(C)c(=O)n(C)c32)ccc1OCc1ccccc1. The van der Waals surface area contributed by atoms with Gasteiger partial charge in [-0.15, -0.1) is 0 Å². The number of methoxy groups -OCH3 is 1. The van der Waals surface area contributed by atoms with Crippen molar-refractivity contribution in [1.82, 2.24) is 24.1 Å². The van der Waals surface area contributed by atoms with Crippen molar-refractivity contribution in [2.45, 2.75) is 13.2 Å². The van der Waals surface area contributed by atoms with Crippen molar-refractivity contribution in [3.05, 3.63) is 86.8 Å². The molecular formula is C24H24N6O5. The van der Waals surface area contributed by atoms with Gasteiger partial charge in [0, 0.05) is 14.1 Å². The Labute approximate surface area is 199 Å². The summed E-state index contributed by atoms with van der Waals surface area (Å²) in [4.78, 5) is 40.9. The predicted molar refractivity (Wildman–Crippen MR) is 130 cm³/mol. The highest BCUT2D eigenvalue weighted by atomic mass is 16.5. The topological polar surface area (TPSA) is 122 Å². The first kappa shape index (κ1) is 23.5. The summed E-state index contributed by atoms with van der Waals surface area (Å²) in [5.41, 5.74) is 3.49. The maximum Gasteiger partial charge on any atom is 0.332 e. The van der Waals surface area contributed by atoms with Crippen LogP contribution in [0.4, 0.5) is 0 Å². The standard InChI is InChI=1S/C24H24N6O5/c1-28-22-21(23(32)29(2)24(28)33)25-15-30(22)13-20(31)27-26-12-17-9-10-18(19(11-17)34-3)35-14-16-7-5-4-6-8-16/h4-12,15H,13-14H2,1-3H3,(H,27,31)/b26-12-. The molecule has 0 aliphatic rings. The number of aromatic nitrogens is 4. The van der Waals surface area contributed by atoms with Gasteiger partial charge in [0.25, 0.3) is 11.5 Å². The number of hydrogen-bond donors (Lipinski definition) is 1. The van der Waals surface area contributed by atoms with Gasteiger partial charge in [-0.2, -0.15) is 5.10 Å². The van der Waals surface area contributed by atoms with E-state index in [1.54, 1.807) is 25.3 Å². The van der Waals surface area contributed by atoms with Crippen molar-refractivity contribution < 1.29 is 14.3 Å². The lowest BCUT2D eigenvalue weighted by molar-refractivity contribution is -0.121. The van der Waals surface area contributed by atoms with Crippen LogP contribution in [0.1, 0.15) is 11.1 Å². The van der Waals surface area contributed by atoms with Crippen LogP contribution in [0.5, 0.6) is 11.5 Å². The second kappa shape index (κ2) is 10.1. The van der Waals surface area contributed by atoms with Gasteiger partial charge in [0.15, 0.2) is 17.0 Å². The molecule has 0 atom stereocenters. The second-order valence-corrected chi connectivity index (χ2v) is 7.73. The first-order chi connectivity index (χ1) is 16.9. The third-order valence-electron chi connectivity index (χ3n) is 5.35. The summed E-state index contributed by atoms with van der Waals surface area (Å²) in [6.45, 7) is 0.227. The van der Waals surface area contributed by atoms with Gasteiger partial charge in [-0.3, -0.25) is 18.7 Å². The number of nitrogens with zero attached hydrogens (tertiary/aromatic N) is 5. The molecule has 11 heteroatoms. The van der Waals surface area contributed by atoms with Crippen LogP contribution in [0.2, 0.25) is 0 Å². The number of amides is 1. The van der Waals surface area contributed by atoms with E-state index >= 15 is 0 Å². The fourth-order valence-corrected chi connectivity index (χ4v) is 3.54. The third kappa shape index (κ3) is 4.98. The molecule has 35 heavy (non-hydrogen) atoms. The average Bonchev–Trinajstić information content (AvgIpc) is 3.29. The monoisotopic (exact) mass is 476 g/mol. The van der Waals surface area contributed by atoms with E-state index in [-0.39, 0.29) is 17.7 Å². The van der Waals surface area contributed by atoms with Gasteiger partial charge in [-0.05, 0) is 29.3 Å². The number of hydrazone groups is 1. The molecule has 11 nitrogen and oxygen atoms in total. The van der Waals surface area contributed by atoms with Crippen LogP contribution in [0.25, 0.3) is 11.2 Å². The van der Waals surface area contributed by atoms with Gasteiger partial charge < -0.3 is 14.0 Å². The van der Waals surface area contributed by atoms with E-state index < -0.39 is 17.2 Å². The number of rotatable bonds is 8. The molecule has 2 heterocycles. The van der Waals surface area contributed by atoms with Crippen molar-refractivity contribution in [2.24, 2.45) is 19.2 Å². The molecule has 4 rings (SSSR count). The predicted octanol–water partition coefficient (Wildman–Crippen LogP) is 1.17. The summed E-state index contributed by atoms with van der Waals surface area (Å²) >= 11 is 0. The third-order valence-corrected chi connectivity index (χ3v) is 5.35. The van der Waals surface area contributed by atoms with Crippen molar-refractivity contribution in [3.8, 4) is 11.5 Å². The molecule has 1 amide bonds. The van der Waals surface area contributed by atoms with E-state index in [1.807, 2.05) is 30.3 Å². The molecule has 0 radical (unpaired) electrons. The quantitative estimate of drug-likeness (QED) is 0.301. The Bertz CT molecular complexity index is 1520. The Morgan fingerprint density at radius 2 is 1.86 bits per heavy atom. The van der Waals surface area contributed by atoms with E-state index in [0.717, 1.165) is 10.1 Å². The van der Waals surface area contributed by atoms with Gasteiger partial charge in [0.05, 0.1) is 19.7 Å². The Balaban J connectivity index is 1.41. The molecule has 0 fully saturated rings. The van der Waals surface area contributed by atoms with E-state index in [1.165, 1.54) is 35.8 Å². The summed E-state index contributed by atoms with van der Waals surface area (Å²) in [6, 6.07) is 15.1. The zero-order valence-electron chi connectivity index (χ0n) is 19.5. The highest BCUT2D eigenvalue weighted by Gasteiger charge is 2.15. The van der Waals surface area contributed by atoms with Gasteiger partial charge in [0.2, 0.25) is 0 Å². The van der Waals surface area contributed by atoms with E-state index in [4.69, 9.17) is 9.47 Å². The Hall–Kier alpha value is -4.67. The van der Waals surface area contributed by atoms with Crippen LogP contribution in [0.3, 0.4) is 0 Å². The van der Waals surface area contributed by atoms with Crippen LogP contribution < -0.4 is 26.1 Å². The van der Waals surface area contributed by atoms with Gasteiger partial charge in [-0.25, -0.2) is 15.2 Å². The molecule has 0 spiro atoms. The highest BCUT2D eigenvalue weighted by molar-refractivity contribution is 5.83. The van der Waals surface area contributed by atoms with Crippen molar-refractivity contribution in [3.63, 3.8) is 0 Å².